The number of aromatic nitrogens is 4. The molecule has 0 spiro atoms. The maximum Gasteiger partial charge on any atom is 0.254 e. The molecule has 2 aromatic rings. The molecule has 1 atom stereocenters. The van der Waals surface area contributed by atoms with Crippen LogP contribution in [0.2, 0.25) is 0 Å². The van der Waals surface area contributed by atoms with E-state index in [4.69, 9.17) is 4.74 Å². The maximum atomic E-state index is 12.8. The van der Waals surface area contributed by atoms with Crippen LogP contribution in [0.5, 0.6) is 0 Å². The van der Waals surface area contributed by atoms with Crippen molar-refractivity contribution in [2.75, 3.05) is 13.2 Å². The smallest absolute Gasteiger partial charge is 0.254 e. The van der Waals surface area contributed by atoms with E-state index in [-0.39, 0.29) is 12.0 Å². The molecule has 1 amide bonds. The van der Waals surface area contributed by atoms with Crippen molar-refractivity contribution in [2.45, 2.75) is 44.6 Å². The molecule has 4 rings (SSSR count). The van der Waals surface area contributed by atoms with Crippen LogP contribution < -0.4 is 5.32 Å². The van der Waals surface area contributed by atoms with E-state index in [1.165, 1.54) is 16.9 Å². The highest BCUT2D eigenvalue weighted by Gasteiger charge is 2.27. The van der Waals surface area contributed by atoms with Gasteiger partial charge < -0.3 is 10.1 Å². The third-order valence-electron chi connectivity index (χ3n) is 4.45. The summed E-state index contributed by atoms with van der Waals surface area (Å²) in [7, 11) is 0. The number of tetrazole rings is 1. The van der Waals surface area contributed by atoms with Gasteiger partial charge in [0.25, 0.3) is 5.91 Å². The molecule has 1 saturated heterocycles. The molecule has 1 N–H and O–H groups in total. The Morgan fingerprint density at radius 3 is 3.09 bits per heavy atom. The summed E-state index contributed by atoms with van der Waals surface area (Å²) in [5.74, 6) is -0.0367. The summed E-state index contributed by atoms with van der Waals surface area (Å²) >= 11 is 1.63. The van der Waals surface area contributed by atoms with Crippen molar-refractivity contribution in [3.63, 3.8) is 0 Å². The normalized spacial score (nSPS) is 20.4. The first-order valence-corrected chi connectivity index (χ1v) is 8.92. The number of hydrogen-bond acceptors (Lipinski definition) is 6. The molecular weight excluding hydrogens is 314 g/mol. The number of carbonyl (C=O) groups is 1. The molecule has 2 aromatic heterocycles. The summed E-state index contributed by atoms with van der Waals surface area (Å²) in [6.45, 7) is 1.36. The van der Waals surface area contributed by atoms with Gasteiger partial charge >= 0.3 is 0 Å². The topological polar surface area (TPSA) is 81.9 Å². The van der Waals surface area contributed by atoms with E-state index in [9.17, 15) is 4.79 Å². The van der Waals surface area contributed by atoms with Crippen molar-refractivity contribution in [2.24, 2.45) is 0 Å². The Bertz CT molecular complexity index is 691. The molecule has 7 nitrogen and oxygen atoms in total. The largest absolute Gasteiger partial charge is 0.376 e. The second-order valence-electron chi connectivity index (χ2n) is 5.99. The molecule has 0 aromatic carbocycles. The second-order valence-corrected chi connectivity index (χ2v) is 7.07. The molecule has 23 heavy (non-hydrogen) atoms. The van der Waals surface area contributed by atoms with Gasteiger partial charge in [0.15, 0.2) is 0 Å². The van der Waals surface area contributed by atoms with Crippen LogP contribution in [0.15, 0.2) is 6.33 Å². The van der Waals surface area contributed by atoms with E-state index < -0.39 is 0 Å². The number of hydrogen-bond donors (Lipinski definition) is 1. The summed E-state index contributed by atoms with van der Waals surface area (Å²) in [6, 6.07) is 0. The summed E-state index contributed by atoms with van der Waals surface area (Å²) in [5, 5.41) is 15.2. The molecular formula is C15H19N5O2S. The van der Waals surface area contributed by atoms with Crippen LogP contribution in [-0.4, -0.2) is 45.4 Å². The lowest BCUT2D eigenvalue weighted by atomic mass is 9.95. The molecule has 0 bridgehead atoms. The zero-order chi connectivity index (χ0) is 15.6. The fourth-order valence-corrected chi connectivity index (χ4v) is 4.60. The Morgan fingerprint density at radius 1 is 1.39 bits per heavy atom. The van der Waals surface area contributed by atoms with Gasteiger partial charge in [0.05, 0.1) is 11.7 Å². The van der Waals surface area contributed by atoms with Gasteiger partial charge in [-0.1, -0.05) is 0 Å². The molecule has 1 fully saturated rings. The fraction of sp³-hybridized carbons (Fsp3) is 0.600. The van der Waals surface area contributed by atoms with E-state index in [0.29, 0.717) is 6.54 Å². The van der Waals surface area contributed by atoms with E-state index in [1.807, 2.05) is 0 Å². The van der Waals surface area contributed by atoms with Crippen LogP contribution in [0.25, 0.3) is 5.00 Å². The molecule has 2 aliphatic rings. The lowest BCUT2D eigenvalue weighted by molar-refractivity contribution is 0.0857. The van der Waals surface area contributed by atoms with Gasteiger partial charge in [-0.2, -0.15) is 4.68 Å². The van der Waals surface area contributed by atoms with E-state index >= 15 is 0 Å². The number of aryl methyl sites for hydroxylation is 1. The van der Waals surface area contributed by atoms with Crippen molar-refractivity contribution >= 4 is 17.2 Å². The highest BCUT2D eigenvalue weighted by Crippen LogP contribution is 2.36. The minimum Gasteiger partial charge on any atom is -0.376 e. The lowest BCUT2D eigenvalue weighted by Gasteiger charge is -2.14. The van der Waals surface area contributed by atoms with Crippen LogP contribution in [0, 0.1) is 0 Å². The Kier molecular flexibility index (Phi) is 4.09. The fourth-order valence-electron chi connectivity index (χ4n) is 3.30. The number of rotatable bonds is 4. The second kappa shape index (κ2) is 6.37. The standard InChI is InChI=1S/C15H19N5O2S/c21-14(16-8-10-4-3-7-22-10)13-11-5-1-2-6-12(11)23-15(13)20-9-17-18-19-20/h9-10H,1-8H2,(H,16,21)/t10-/m0/s1. The van der Waals surface area contributed by atoms with Gasteiger partial charge in [-0.15, -0.1) is 16.4 Å². The monoisotopic (exact) mass is 333 g/mol. The van der Waals surface area contributed by atoms with E-state index in [1.54, 1.807) is 22.3 Å². The number of amides is 1. The number of thiophene rings is 1. The zero-order valence-electron chi connectivity index (χ0n) is 12.8. The summed E-state index contributed by atoms with van der Waals surface area (Å²) < 4.78 is 7.19. The summed E-state index contributed by atoms with van der Waals surface area (Å²) in [5.41, 5.74) is 1.92. The van der Waals surface area contributed by atoms with Crippen LogP contribution in [0.1, 0.15) is 46.5 Å². The number of fused-ring (bicyclic) bond motifs is 1. The van der Waals surface area contributed by atoms with Crippen molar-refractivity contribution < 1.29 is 9.53 Å². The average molecular weight is 333 g/mol. The van der Waals surface area contributed by atoms with Crippen LogP contribution in [-0.2, 0) is 17.6 Å². The minimum absolute atomic E-state index is 0.0367. The molecule has 0 unspecified atom stereocenters. The first-order chi connectivity index (χ1) is 11.3. The molecule has 0 radical (unpaired) electrons. The Labute approximate surface area is 138 Å². The van der Waals surface area contributed by atoms with Gasteiger partial charge in [0, 0.05) is 18.0 Å². The first-order valence-electron chi connectivity index (χ1n) is 8.10. The number of ether oxygens (including phenoxy) is 1. The van der Waals surface area contributed by atoms with E-state index in [0.717, 1.165) is 49.3 Å². The molecule has 1 aliphatic heterocycles. The quantitative estimate of drug-likeness (QED) is 0.917. The van der Waals surface area contributed by atoms with Gasteiger partial charge in [-0.3, -0.25) is 4.79 Å². The Hall–Kier alpha value is -1.80. The average Bonchev–Trinajstić information content (AvgIpc) is 3.31. The molecule has 8 heteroatoms. The predicted molar refractivity (Wildman–Crippen MR) is 85.0 cm³/mol. The van der Waals surface area contributed by atoms with Crippen molar-refractivity contribution in [1.29, 1.82) is 0 Å². The highest BCUT2D eigenvalue weighted by atomic mass is 32.1. The van der Waals surface area contributed by atoms with Gasteiger partial charge in [-0.05, 0) is 54.5 Å². The minimum atomic E-state index is -0.0367. The first kappa shape index (κ1) is 14.8. The zero-order valence-corrected chi connectivity index (χ0v) is 13.6. The number of nitrogens with zero attached hydrogens (tertiary/aromatic N) is 4. The number of carbonyl (C=O) groups excluding carboxylic acids is 1. The molecule has 1 aliphatic carbocycles. The highest BCUT2D eigenvalue weighted by molar-refractivity contribution is 7.15. The Morgan fingerprint density at radius 2 is 2.30 bits per heavy atom. The summed E-state index contributed by atoms with van der Waals surface area (Å²) in [6.07, 6.45) is 8.08. The molecule has 3 heterocycles. The van der Waals surface area contributed by atoms with Crippen LogP contribution in [0.4, 0.5) is 0 Å². The van der Waals surface area contributed by atoms with Crippen molar-refractivity contribution in [3.8, 4) is 5.00 Å². The third kappa shape index (κ3) is 2.88. The van der Waals surface area contributed by atoms with Gasteiger partial charge in [0.1, 0.15) is 11.3 Å². The molecule has 0 saturated carbocycles. The third-order valence-corrected chi connectivity index (χ3v) is 5.73. The van der Waals surface area contributed by atoms with Crippen LogP contribution >= 0.6 is 11.3 Å². The maximum absolute atomic E-state index is 12.8. The van der Waals surface area contributed by atoms with E-state index in [2.05, 4.69) is 20.8 Å². The van der Waals surface area contributed by atoms with Gasteiger partial charge in [0.2, 0.25) is 0 Å². The summed E-state index contributed by atoms with van der Waals surface area (Å²) in [4.78, 5) is 14.1. The van der Waals surface area contributed by atoms with Crippen LogP contribution in [0.3, 0.4) is 0 Å². The van der Waals surface area contributed by atoms with Crippen molar-refractivity contribution in [1.82, 2.24) is 25.5 Å². The van der Waals surface area contributed by atoms with Crippen molar-refractivity contribution in [3.05, 3.63) is 22.3 Å². The number of nitrogens with one attached hydrogen (secondary N) is 1. The SMILES string of the molecule is O=C(NC[C@@H]1CCCO1)c1c(-n2cnnn2)sc2c1CCCC2. The lowest BCUT2D eigenvalue weighted by Crippen LogP contribution is -2.32. The molecule has 122 valence electrons. The Balaban J connectivity index is 1.62. The predicted octanol–water partition coefficient (Wildman–Crippen LogP) is 1.51. The van der Waals surface area contributed by atoms with Gasteiger partial charge in [-0.25, -0.2) is 0 Å².